The highest BCUT2D eigenvalue weighted by atomic mass is 16.3. The number of nitrogens with zero attached hydrogens (tertiary/aromatic N) is 1. The van der Waals surface area contributed by atoms with Gasteiger partial charge in [-0.25, -0.2) is 0 Å². The maximum Gasteiger partial charge on any atom is 0.137 e. The molecule has 1 aromatic heterocycles. The molecule has 102 valence electrons. The van der Waals surface area contributed by atoms with Gasteiger partial charge in [-0.05, 0) is 26.0 Å². The summed E-state index contributed by atoms with van der Waals surface area (Å²) in [6, 6.07) is 3.36. The predicted molar refractivity (Wildman–Crippen MR) is 74.8 cm³/mol. The summed E-state index contributed by atoms with van der Waals surface area (Å²) >= 11 is 0. The first kappa shape index (κ1) is 18.4. The summed E-state index contributed by atoms with van der Waals surface area (Å²) in [4.78, 5) is 4.01. The Morgan fingerprint density at radius 3 is 2.33 bits per heavy atom. The molecule has 0 bridgehead atoms. The molecule has 4 nitrogen and oxygen atoms in total. The zero-order chi connectivity index (χ0) is 14.4. The van der Waals surface area contributed by atoms with Crippen LogP contribution in [0, 0.1) is 0 Å². The van der Waals surface area contributed by atoms with Gasteiger partial charge in [0, 0.05) is 12.6 Å². The lowest BCUT2D eigenvalue weighted by atomic mass is 10.2. The van der Waals surface area contributed by atoms with Crippen LogP contribution < -0.4 is 0 Å². The number of hydrogen-bond donors (Lipinski definition) is 3. The second-order valence-electron chi connectivity index (χ2n) is 3.01. The largest absolute Gasteiger partial charge is 0.512 e. The number of allylic oxidation sites excluding steroid dienone is 3. The first-order chi connectivity index (χ1) is 8.61. The first-order valence-electron chi connectivity index (χ1n) is 5.85. The van der Waals surface area contributed by atoms with Crippen LogP contribution in [0.15, 0.2) is 42.5 Å². The summed E-state index contributed by atoms with van der Waals surface area (Å²) in [5.41, 5.74) is 0.727. The summed E-state index contributed by atoms with van der Waals surface area (Å²) in [5.74, 6) is 0.204. The van der Waals surface area contributed by atoms with Crippen molar-refractivity contribution >= 4 is 0 Å². The SMILES string of the molecule is C/C(O)=C/O.C/C=C\Cc1ncccc1O.CC. The molecule has 0 amide bonds. The van der Waals surface area contributed by atoms with E-state index in [1.165, 1.54) is 6.92 Å². The normalized spacial score (nSPS) is 10.1. The zero-order valence-corrected chi connectivity index (χ0v) is 11.5. The standard InChI is InChI=1S/C9H11NO.C3H6O2.C2H6/c1-2-3-5-8-9(11)6-4-7-10-8;1-3(5)2-4;1-2/h2-4,6-7,11H,5H2,1H3;2,4-5H,1H3;1-2H3/b2*3-2-;. The van der Waals surface area contributed by atoms with Crippen molar-refractivity contribution in [2.75, 3.05) is 0 Å². The van der Waals surface area contributed by atoms with Crippen LogP contribution in [0.3, 0.4) is 0 Å². The molecule has 1 heterocycles. The Bertz CT molecular complexity index is 356. The molecule has 0 fully saturated rings. The van der Waals surface area contributed by atoms with E-state index in [0.29, 0.717) is 12.7 Å². The summed E-state index contributed by atoms with van der Waals surface area (Å²) in [6.07, 6.45) is 6.91. The van der Waals surface area contributed by atoms with Crippen LogP contribution in [0.4, 0.5) is 0 Å². The van der Waals surface area contributed by atoms with Gasteiger partial charge in [-0.15, -0.1) is 0 Å². The van der Waals surface area contributed by atoms with Crippen LogP contribution in [0.25, 0.3) is 0 Å². The minimum absolute atomic E-state index is 0.0648. The smallest absolute Gasteiger partial charge is 0.137 e. The van der Waals surface area contributed by atoms with Gasteiger partial charge in [0.05, 0.1) is 5.69 Å². The molecule has 1 aromatic rings. The van der Waals surface area contributed by atoms with Crippen molar-refractivity contribution in [2.45, 2.75) is 34.1 Å². The fourth-order valence-electron chi connectivity index (χ4n) is 0.816. The zero-order valence-electron chi connectivity index (χ0n) is 11.5. The van der Waals surface area contributed by atoms with Crippen LogP contribution in [-0.2, 0) is 6.42 Å². The maximum absolute atomic E-state index is 9.24. The Balaban J connectivity index is 0. The second kappa shape index (κ2) is 13.1. The highest BCUT2D eigenvalue weighted by molar-refractivity contribution is 5.26. The van der Waals surface area contributed by atoms with Gasteiger partial charge in [0.25, 0.3) is 0 Å². The number of rotatable bonds is 2. The third-order valence-electron chi connectivity index (χ3n) is 1.60. The van der Waals surface area contributed by atoms with Gasteiger partial charge >= 0.3 is 0 Å². The van der Waals surface area contributed by atoms with Crippen LogP contribution in [0.2, 0.25) is 0 Å². The van der Waals surface area contributed by atoms with Crippen molar-refractivity contribution in [2.24, 2.45) is 0 Å². The van der Waals surface area contributed by atoms with Crippen molar-refractivity contribution < 1.29 is 15.3 Å². The van der Waals surface area contributed by atoms with E-state index < -0.39 is 0 Å². The number of aliphatic hydroxyl groups is 2. The van der Waals surface area contributed by atoms with E-state index in [0.717, 1.165) is 5.69 Å². The molecule has 18 heavy (non-hydrogen) atoms. The molecule has 0 saturated carbocycles. The molecule has 0 aliphatic carbocycles. The molecule has 0 spiro atoms. The Morgan fingerprint density at radius 1 is 1.39 bits per heavy atom. The highest BCUT2D eigenvalue weighted by Gasteiger charge is 1.96. The van der Waals surface area contributed by atoms with Crippen molar-refractivity contribution in [1.82, 2.24) is 4.98 Å². The van der Waals surface area contributed by atoms with Gasteiger partial charge in [0.15, 0.2) is 0 Å². The highest BCUT2D eigenvalue weighted by Crippen LogP contribution is 2.12. The molecule has 0 aliphatic rings. The monoisotopic (exact) mass is 253 g/mol. The lowest BCUT2D eigenvalue weighted by Gasteiger charge is -1.97. The van der Waals surface area contributed by atoms with Crippen molar-refractivity contribution in [3.05, 3.63) is 48.2 Å². The summed E-state index contributed by atoms with van der Waals surface area (Å²) in [7, 11) is 0. The van der Waals surface area contributed by atoms with Crippen molar-refractivity contribution in [1.29, 1.82) is 0 Å². The van der Waals surface area contributed by atoms with Crippen LogP contribution in [0.5, 0.6) is 5.75 Å². The van der Waals surface area contributed by atoms with Gasteiger partial charge in [-0.3, -0.25) is 4.98 Å². The lowest BCUT2D eigenvalue weighted by molar-refractivity contribution is 0.363. The summed E-state index contributed by atoms with van der Waals surface area (Å²) in [6.45, 7) is 7.33. The number of aromatic nitrogens is 1. The molecule has 3 N–H and O–H groups in total. The molecule has 0 unspecified atom stereocenters. The first-order valence-corrected chi connectivity index (χ1v) is 5.85. The van der Waals surface area contributed by atoms with E-state index in [1.807, 2.05) is 32.9 Å². The van der Waals surface area contributed by atoms with E-state index in [4.69, 9.17) is 10.2 Å². The number of pyridine rings is 1. The lowest BCUT2D eigenvalue weighted by Crippen LogP contribution is -1.86. The third kappa shape index (κ3) is 10.5. The van der Waals surface area contributed by atoms with Gasteiger partial charge < -0.3 is 15.3 Å². The second-order valence-corrected chi connectivity index (χ2v) is 3.01. The third-order valence-corrected chi connectivity index (χ3v) is 1.60. The molecule has 4 heteroatoms. The Kier molecular flexibility index (Phi) is 13.4. The molecular weight excluding hydrogens is 230 g/mol. The van der Waals surface area contributed by atoms with Crippen molar-refractivity contribution in [3.63, 3.8) is 0 Å². The Morgan fingerprint density at radius 2 is 1.94 bits per heavy atom. The summed E-state index contributed by atoms with van der Waals surface area (Å²) < 4.78 is 0. The van der Waals surface area contributed by atoms with E-state index in [2.05, 4.69) is 4.98 Å². The Labute approximate surface area is 109 Å². The quantitative estimate of drug-likeness (QED) is 0.552. The minimum Gasteiger partial charge on any atom is -0.512 e. The topological polar surface area (TPSA) is 73.6 Å². The Hall–Kier alpha value is -1.97. The maximum atomic E-state index is 9.24. The van der Waals surface area contributed by atoms with Crippen LogP contribution in [0.1, 0.15) is 33.4 Å². The van der Waals surface area contributed by atoms with E-state index in [1.54, 1.807) is 18.3 Å². The fraction of sp³-hybridized carbons (Fsp3) is 0.357. The number of hydrogen-bond acceptors (Lipinski definition) is 4. The van der Waals surface area contributed by atoms with Gasteiger partial charge in [-0.2, -0.15) is 0 Å². The van der Waals surface area contributed by atoms with E-state index >= 15 is 0 Å². The average Bonchev–Trinajstić information content (AvgIpc) is 2.41. The van der Waals surface area contributed by atoms with Gasteiger partial charge in [-0.1, -0.05) is 26.0 Å². The molecule has 0 aliphatic heterocycles. The molecule has 0 radical (unpaired) electrons. The number of aliphatic hydroxyl groups excluding tert-OH is 2. The minimum atomic E-state index is -0.0648. The number of aromatic hydroxyl groups is 1. The van der Waals surface area contributed by atoms with Crippen LogP contribution >= 0.6 is 0 Å². The van der Waals surface area contributed by atoms with E-state index in [-0.39, 0.29) is 11.5 Å². The van der Waals surface area contributed by atoms with Crippen LogP contribution in [-0.4, -0.2) is 20.3 Å². The summed E-state index contributed by atoms with van der Waals surface area (Å²) in [5, 5.41) is 24.9. The molecule has 0 saturated heterocycles. The molecule has 0 aromatic carbocycles. The molecule has 1 rings (SSSR count). The van der Waals surface area contributed by atoms with Crippen molar-refractivity contribution in [3.8, 4) is 5.75 Å². The predicted octanol–water partition coefficient (Wildman–Crippen LogP) is 3.90. The average molecular weight is 253 g/mol. The fourth-order valence-corrected chi connectivity index (χ4v) is 0.816. The van der Waals surface area contributed by atoms with Gasteiger partial charge in [0.1, 0.15) is 17.8 Å². The molecule has 0 atom stereocenters. The van der Waals surface area contributed by atoms with E-state index in [9.17, 15) is 5.11 Å². The van der Waals surface area contributed by atoms with Gasteiger partial charge in [0.2, 0.25) is 0 Å². The molecular formula is C14H23NO3.